The number of ether oxygens (including phenoxy) is 2. The zero-order chi connectivity index (χ0) is 21.7. The summed E-state index contributed by atoms with van der Waals surface area (Å²) in [6.07, 6.45) is 0.635. The maximum Gasteiger partial charge on any atom is 0.257 e. The summed E-state index contributed by atoms with van der Waals surface area (Å²) >= 11 is 0. The van der Waals surface area contributed by atoms with E-state index in [0.717, 1.165) is 29.9 Å². The van der Waals surface area contributed by atoms with Gasteiger partial charge in [-0.25, -0.2) is 5.01 Å². The number of amides is 1. The van der Waals surface area contributed by atoms with Crippen molar-refractivity contribution < 1.29 is 14.3 Å². The van der Waals surface area contributed by atoms with Gasteiger partial charge in [0.1, 0.15) is 11.5 Å². The SMILES string of the molecule is CCN(CC)CC(=O)N1N=C(c2ccc(C)cc2)C[C@H]1c1ccc(OC)cc1OC. The molecule has 0 N–H and O–H groups in total. The Labute approximate surface area is 179 Å². The minimum absolute atomic E-state index is 0.0105. The van der Waals surface area contributed by atoms with Gasteiger partial charge in [-0.3, -0.25) is 9.69 Å². The first kappa shape index (κ1) is 21.8. The number of rotatable bonds is 8. The number of nitrogens with zero attached hydrogens (tertiary/aromatic N) is 3. The second-order valence-corrected chi connectivity index (χ2v) is 7.44. The molecule has 1 atom stereocenters. The van der Waals surface area contributed by atoms with Crippen LogP contribution in [0.1, 0.15) is 43.0 Å². The molecule has 0 aliphatic carbocycles. The van der Waals surface area contributed by atoms with Crippen molar-refractivity contribution >= 4 is 11.6 Å². The summed E-state index contributed by atoms with van der Waals surface area (Å²) in [6.45, 7) is 8.16. The lowest BCUT2D eigenvalue weighted by Gasteiger charge is -2.26. The van der Waals surface area contributed by atoms with Gasteiger partial charge in [-0.1, -0.05) is 43.7 Å². The molecule has 1 aliphatic rings. The Balaban J connectivity index is 1.98. The lowest BCUT2D eigenvalue weighted by atomic mass is 9.97. The Bertz CT molecular complexity index is 904. The van der Waals surface area contributed by atoms with Crippen LogP contribution in [0.5, 0.6) is 11.5 Å². The first-order valence-electron chi connectivity index (χ1n) is 10.4. The standard InChI is InChI=1S/C24H31N3O3/c1-6-26(7-2)16-24(28)27-22(20-13-12-19(29-4)14-23(20)30-5)15-21(25-27)18-10-8-17(3)9-11-18/h8-14,22H,6-7,15-16H2,1-5H3/t22-/m0/s1. The average Bonchev–Trinajstić information content (AvgIpc) is 3.22. The molecule has 1 amide bonds. The molecule has 3 rings (SSSR count). The smallest absolute Gasteiger partial charge is 0.257 e. The number of methoxy groups -OCH3 is 2. The van der Waals surface area contributed by atoms with Crippen LogP contribution < -0.4 is 9.47 Å². The molecule has 2 aromatic rings. The summed E-state index contributed by atoms with van der Waals surface area (Å²) in [7, 11) is 3.26. The Morgan fingerprint density at radius 2 is 1.80 bits per heavy atom. The van der Waals surface area contributed by atoms with Gasteiger partial charge < -0.3 is 9.47 Å². The first-order valence-corrected chi connectivity index (χ1v) is 10.4. The summed E-state index contributed by atoms with van der Waals surface area (Å²) in [5.74, 6) is 1.40. The lowest BCUT2D eigenvalue weighted by molar-refractivity contribution is -0.134. The number of hydrogen-bond donors (Lipinski definition) is 0. The van der Waals surface area contributed by atoms with Crippen molar-refractivity contribution in [1.29, 1.82) is 0 Å². The van der Waals surface area contributed by atoms with E-state index in [4.69, 9.17) is 14.6 Å². The first-order chi connectivity index (χ1) is 14.5. The summed E-state index contributed by atoms with van der Waals surface area (Å²) in [4.78, 5) is 15.3. The van der Waals surface area contributed by atoms with Gasteiger partial charge in [0, 0.05) is 18.1 Å². The zero-order valence-corrected chi connectivity index (χ0v) is 18.5. The van der Waals surface area contributed by atoms with E-state index in [-0.39, 0.29) is 11.9 Å². The molecular formula is C24H31N3O3. The van der Waals surface area contributed by atoms with Gasteiger partial charge in [-0.15, -0.1) is 0 Å². The van der Waals surface area contributed by atoms with Crippen LogP contribution in [0.15, 0.2) is 47.6 Å². The zero-order valence-electron chi connectivity index (χ0n) is 18.5. The molecule has 0 spiro atoms. The van der Waals surface area contributed by atoms with Gasteiger partial charge in [0.25, 0.3) is 5.91 Å². The highest BCUT2D eigenvalue weighted by Gasteiger charge is 2.35. The highest BCUT2D eigenvalue weighted by molar-refractivity contribution is 6.03. The molecule has 0 aromatic heterocycles. The quantitative estimate of drug-likeness (QED) is 0.661. The molecule has 6 heteroatoms. The topological polar surface area (TPSA) is 54.4 Å². The van der Waals surface area contributed by atoms with Crippen LogP contribution in [0.4, 0.5) is 0 Å². The predicted octanol–water partition coefficient (Wildman–Crippen LogP) is 4.03. The molecule has 1 aliphatic heterocycles. The van der Waals surface area contributed by atoms with Gasteiger partial charge in [0.2, 0.25) is 0 Å². The van der Waals surface area contributed by atoms with Crippen LogP contribution in [-0.2, 0) is 4.79 Å². The van der Waals surface area contributed by atoms with Gasteiger partial charge in [0.05, 0.1) is 32.5 Å². The Morgan fingerprint density at radius 1 is 1.10 bits per heavy atom. The van der Waals surface area contributed by atoms with Gasteiger partial charge in [-0.05, 0) is 37.7 Å². The van der Waals surface area contributed by atoms with Crippen molar-refractivity contribution in [1.82, 2.24) is 9.91 Å². The van der Waals surface area contributed by atoms with Crippen LogP contribution in [-0.4, -0.2) is 55.4 Å². The monoisotopic (exact) mass is 409 g/mol. The Morgan fingerprint density at radius 3 is 2.40 bits per heavy atom. The highest BCUT2D eigenvalue weighted by Crippen LogP contribution is 2.39. The highest BCUT2D eigenvalue weighted by atomic mass is 16.5. The van der Waals surface area contributed by atoms with Gasteiger partial charge >= 0.3 is 0 Å². The normalized spacial score (nSPS) is 16.0. The summed E-state index contributed by atoms with van der Waals surface area (Å²) in [6, 6.07) is 13.8. The molecule has 1 heterocycles. The third-order valence-corrected chi connectivity index (χ3v) is 5.60. The molecule has 0 bridgehead atoms. The Hall–Kier alpha value is -2.86. The van der Waals surface area contributed by atoms with E-state index < -0.39 is 0 Å². The summed E-state index contributed by atoms with van der Waals surface area (Å²) in [5.41, 5.74) is 4.07. The molecule has 6 nitrogen and oxygen atoms in total. The summed E-state index contributed by atoms with van der Waals surface area (Å²) < 4.78 is 11.0. The molecule has 0 saturated heterocycles. The van der Waals surface area contributed by atoms with Crippen molar-refractivity contribution in [2.45, 2.75) is 33.2 Å². The van der Waals surface area contributed by atoms with E-state index >= 15 is 0 Å². The van der Waals surface area contributed by atoms with Crippen molar-refractivity contribution in [2.24, 2.45) is 5.10 Å². The third-order valence-electron chi connectivity index (χ3n) is 5.60. The maximum atomic E-state index is 13.2. The summed E-state index contributed by atoms with van der Waals surface area (Å²) in [5, 5.41) is 6.41. The largest absolute Gasteiger partial charge is 0.497 e. The van der Waals surface area contributed by atoms with Crippen LogP contribution in [0, 0.1) is 6.92 Å². The molecule has 2 aromatic carbocycles. The minimum atomic E-state index is -0.217. The fraction of sp³-hybridized carbons (Fsp3) is 0.417. The molecule has 0 unspecified atom stereocenters. The van der Waals surface area contributed by atoms with Crippen molar-refractivity contribution in [3.05, 3.63) is 59.2 Å². The molecular weight excluding hydrogens is 378 g/mol. The number of aryl methyl sites for hydroxylation is 1. The average molecular weight is 410 g/mol. The molecule has 160 valence electrons. The number of hydrogen-bond acceptors (Lipinski definition) is 5. The second kappa shape index (κ2) is 9.76. The van der Waals surface area contributed by atoms with E-state index in [1.54, 1.807) is 19.2 Å². The van der Waals surface area contributed by atoms with Gasteiger partial charge in [0.15, 0.2) is 0 Å². The van der Waals surface area contributed by atoms with E-state index in [2.05, 4.69) is 49.9 Å². The third kappa shape index (κ3) is 4.65. The fourth-order valence-electron chi connectivity index (χ4n) is 3.71. The molecule has 0 saturated carbocycles. The van der Waals surface area contributed by atoms with Crippen LogP contribution in [0.25, 0.3) is 0 Å². The van der Waals surface area contributed by atoms with Crippen LogP contribution >= 0.6 is 0 Å². The molecule has 0 fully saturated rings. The van der Waals surface area contributed by atoms with E-state index in [9.17, 15) is 4.79 Å². The minimum Gasteiger partial charge on any atom is -0.497 e. The lowest BCUT2D eigenvalue weighted by Crippen LogP contribution is -2.38. The van der Waals surface area contributed by atoms with E-state index in [1.165, 1.54) is 5.56 Å². The van der Waals surface area contributed by atoms with E-state index in [1.807, 2.05) is 18.2 Å². The van der Waals surface area contributed by atoms with Crippen molar-refractivity contribution in [3.8, 4) is 11.5 Å². The molecule has 0 radical (unpaired) electrons. The van der Waals surface area contributed by atoms with E-state index in [0.29, 0.717) is 24.5 Å². The predicted molar refractivity (Wildman–Crippen MR) is 119 cm³/mol. The number of likely N-dealkylation sites (N-methyl/N-ethyl adjacent to an activating group) is 1. The number of benzene rings is 2. The van der Waals surface area contributed by atoms with Crippen molar-refractivity contribution in [3.63, 3.8) is 0 Å². The van der Waals surface area contributed by atoms with Gasteiger partial charge in [-0.2, -0.15) is 5.10 Å². The second-order valence-electron chi connectivity index (χ2n) is 7.44. The maximum absolute atomic E-state index is 13.2. The van der Waals surface area contributed by atoms with Crippen LogP contribution in [0.3, 0.4) is 0 Å². The van der Waals surface area contributed by atoms with Crippen LogP contribution in [0.2, 0.25) is 0 Å². The number of carbonyl (C=O) groups excluding carboxylic acids is 1. The van der Waals surface area contributed by atoms with Crippen molar-refractivity contribution in [2.75, 3.05) is 33.9 Å². The Kier molecular flexibility index (Phi) is 7.11. The molecule has 30 heavy (non-hydrogen) atoms. The fourth-order valence-corrected chi connectivity index (χ4v) is 3.71. The number of carbonyl (C=O) groups is 1. The number of hydrazone groups is 1.